The highest BCUT2D eigenvalue weighted by Gasteiger charge is 2.35. The van der Waals surface area contributed by atoms with E-state index in [1.807, 2.05) is 26.0 Å². The number of aromatic nitrogens is 1. The summed E-state index contributed by atoms with van der Waals surface area (Å²) >= 11 is 0. The second-order valence-electron chi connectivity index (χ2n) is 13.7. The first-order valence-corrected chi connectivity index (χ1v) is 17.4. The number of piperidine rings is 2. The van der Waals surface area contributed by atoms with Gasteiger partial charge < -0.3 is 40.2 Å². The molecule has 3 aliphatic rings. The predicted molar refractivity (Wildman–Crippen MR) is 180 cm³/mol. The monoisotopic (exact) mass is 666 g/mol. The fourth-order valence-corrected chi connectivity index (χ4v) is 7.09. The van der Waals surface area contributed by atoms with E-state index >= 15 is 0 Å². The van der Waals surface area contributed by atoms with Crippen molar-refractivity contribution in [3.8, 4) is 5.75 Å². The lowest BCUT2D eigenvalue weighted by atomic mass is 9.95. The summed E-state index contributed by atoms with van der Waals surface area (Å²) in [6.45, 7) is 7.17. The maximum Gasteiger partial charge on any atom is 0.410 e. The van der Waals surface area contributed by atoms with E-state index in [-0.39, 0.29) is 23.9 Å². The SMILES string of the molecule is COc1cccc2[nH]c(C(=O)N[C@@H](CC(C)C)C(=O)N[C@@H](C[C@@H]3CCNC3=O)C(=O)COC(=O)N3CCC(N4CCCCC4)CC3)cc12. The van der Waals surface area contributed by atoms with Gasteiger partial charge in [0, 0.05) is 42.5 Å². The fourth-order valence-electron chi connectivity index (χ4n) is 7.09. The Balaban J connectivity index is 1.21. The standard InChI is InChI=1S/C35H50N6O7/c1-22(2)18-28(39-34(45)29-20-25-26(37-29)8-7-9-31(25)47-3)33(44)38-27(19-23-10-13-36-32(23)43)30(42)21-48-35(46)41-16-11-24(12-17-41)40-14-5-4-6-15-40/h7-9,20,22-24,27-28,37H,4-6,10-19,21H2,1-3H3,(H,36,43)(H,38,44)(H,39,45)/t23-,27-,28-/m0/s1. The largest absolute Gasteiger partial charge is 0.496 e. The smallest absolute Gasteiger partial charge is 0.410 e. The first-order chi connectivity index (χ1) is 23.1. The number of hydrogen-bond donors (Lipinski definition) is 4. The normalized spacial score (nSPS) is 20.3. The molecule has 0 saturated carbocycles. The Labute approximate surface area is 281 Å². The summed E-state index contributed by atoms with van der Waals surface area (Å²) in [7, 11) is 1.55. The summed E-state index contributed by atoms with van der Waals surface area (Å²) in [5.41, 5.74) is 0.976. The summed E-state index contributed by atoms with van der Waals surface area (Å²) in [4.78, 5) is 73.2. The van der Waals surface area contributed by atoms with Crippen LogP contribution in [0, 0.1) is 11.8 Å². The van der Waals surface area contributed by atoms with Crippen molar-refractivity contribution in [1.29, 1.82) is 0 Å². The van der Waals surface area contributed by atoms with Crippen molar-refractivity contribution in [2.75, 3.05) is 46.4 Å². The second kappa shape index (κ2) is 16.3. The third-order valence-electron chi connectivity index (χ3n) is 9.77. The molecule has 3 atom stereocenters. The van der Waals surface area contributed by atoms with Crippen LogP contribution in [0.3, 0.4) is 0 Å². The first kappa shape index (κ1) is 35.2. The number of benzene rings is 1. The molecule has 48 heavy (non-hydrogen) atoms. The van der Waals surface area contributed by atoms with Crippen LogP contribution < -0.4 is 20.7 Å². The Bertz CT molecular complexity index is 1460. The minimum atomic E-state index is -1.08. The van der Waals surface area contributed by atoms with Gasteiger partial charge in [0.25, 0.3) is 5.91 Å². The van der Waals surface area contributed by atoms with Gasteiger partial charge in [0.05, 0.1) is 13.2 Å². The van der Waals surface area contributed by atoms with E-state index in [0.717, 1.165) is 31.3 Å². The predicted octanol–water partition coefficient (Wildman–Crippen LogP) is 2.99. The molecule has 2 aromatic rings. The molecule has 0 bridgehead atoms. The fraction of sp³-hybridized carbons (Fsp3) is 0.629. The number of H-pyrrole nitrogens is 1. The van der Waals surface area contributed by atoms with Crippen molar-refractivity contribution < 1.29 is 33.4 Å². The number of nitrogens with one attached hydrogen (secondary N) is 4. The van der Waals surface area contributed by atoms with E-state index < -0.39 is 48.3 Å². The lowest BCUT2D eigenvalue weighted by Crippen LogP contribution is -2.53. The van der Waals surface area contributed by atoms with Crippen LogP contribution >= 0.6 is 0 Å². The van der Waals surface area contributed by atoms with Crippen LogP contribution in [-0.2, 0) is 19.1 Å². The summed E-state index contributed by atoms with van der Waals surface area (Å²) in [6.07, 6.45) is 5.80. The van der Waals surface area contributed by atoms with Gasteiger partial charge in [0.2, 0.25) is 11.8 Å². The molecule has 3 fully saturated rings. The number of carbonyl (C=O) groups is 5. The van der Waals surface area contributed by atoms with Gasteiger partial charge in [-0.1, -0.05) is 26.3 Å². The highest BCUT2D eigenvalue weighted by Crippen LogP contribution is 2.26. The minimum absolute atomic E-state index is 0.0404. The number of fused-ring (bicyclic) bond motifs is 1. The van der Waals surface area contributed by atoms with Crippen molar-refractivity contribution in [2.45, 2.75) is 83.3 Å². The van der Waals surface area contributed by atoms with Gasteiger partial charge in [0.15, 0.2) is 12.4 Å². The number of aromatic amines is 1. The van der Waals surface area contributed by atoms with Crippen LogP contribution in [0.1, 0.15) is 75.7 Å². The molecule has 3 aliphatic heterocycles. The van der Waals surface area contributed by atoms with E-state index in [1.165, 1.54) is 19.3 Å². The Morgan fingerprint density at radius 3 is 2.40 bits per heavy atom. The van der Waals surface area contributed by atoms with E-state index in [9.17, 15) is 24.0 Å². The van der Waals surface area contributed by atoms with Crippen molar-refractivity contribution in [1.82, 2.24) is 30.7 Å². The van der Waals surface area contributed by atoms with Crippen molar-refractivity contribution in [2.24, 2.45) is 11.8 Å². The number of ketones is 1. The van der Waals surface area contributed by atoms with E-state index in [0.29, 0.717) is 49.8 Å². The van der Waals surface area contributed by atoms with Crippen LogP contribution in [-0.4, -0.2) is 109 Å². The van der Waals surface area contributed by atoms with E-state index in [1.54, 1.807) is 24.1 Å². The van der Waals surface area contributed by atoms with E-state index in [2.05, 4.69) is 25.8 Å². The molecule has 5 rings (SSSR count). The summed E-state index contributed by atoms with van der Waals surface area (Å²) in [5, 5.41) is 9.12. The number of methoxy groups -OCH3 is 1. The molecule has 4 N–H and O–H groups in total. The van der Waals surface area contributed by atoms with Crippen LogP contribution in [0.2, 0.25) is 0 Å². The summed E-state index contributed by atoms with van der Waals surface area (Å²) in [6, 6.07) is 5.54. The molecule has 4 amide bonds. The Morgan fingerprint density at radius 1 is 0.979 bits per heavy atom. The van der Waals surface area contributed by atoms with Gasteiger partial charge in [-0.25, -0.2) is 4.79 Å². The number of Topliss-reactive ketones (excluding diaryl/α,β-unsaturated/α-hetero) is 1. The zero-order valence-corrected chi connectivity index (χ0v) is 28.3. The van der Waals surface area contributed by atoms with Crippen LogP contribution in [0.4, 0.5) is 4.79 Å². The third-order valence-corrected chi connectivity index (χ3v) is 9.77. The molecule has 0 unspecified atom stereocenters. The van der Waals surface area contributed by atoms with Gasteiger partial charge in [-0.3, -0.25) is 19.2 Å². The molecule has 1 aromatic heterocycles. The molecule has 0 radical (unpaired) electrons. The molecule has 1 aromatic carbocycles. The van der Waals surface area contributed by atoms with Crippen molar-refractivity contribution >= 4 is 40.5 Å². The molecule has 0 spiro atoms. The van der Waals surface area contributed by atoms with Crippen molar-refractivity contribution in [3.63, 3.8) is 0 Å². The molecule has 4 heterocycles. The highest BCUT2D eigenvalue weighted by molar-refractivity contribution is 6.02. The topological polar surface area (TPSA) is 162 Å². The van der Waals surface area contributed by atoms with Crippen molar-refractivity contribution in [3.05, 3.63) is 30.0 Å². The Kier molecular flexibility index (Phi) is 12.0. The summed E-state index contributed by atoms with van der Waals surface area (Å²) < 4.78 is 10.9. The average Bonchev–Trinajstić information content (AvgIpc) is 3.72. The third kappa shape index (κ3) is 8.86. The highest BCUT2D eigenvalue weighted by atomic mass is 16.6. The van der Waals surface area contributed by atoms with Crippen LogP contribution in [0.25, 0.3) is 10.9 Å². The zero-order valence-electron chi connectivity index (χ0n) is 28.3. The number of nitrogens with zero attached hydrogens (tertiary/aromatic N) is 2. The lowest BCUT2D eigenvalue weighted by Gasteiger charge is -2.39. The van der Waals surface area contributed by atoms with Gasteiger partial charge in [-0.15, -0.1) is 0 Å². The number of amides is 4. The molecule has 13 heteroatoms. The number of hydrogen-bond acceptors (Lipinski definition) is 8. The molecular formula is C35H50N6O7. The molecular weight excluding hydrogens is 616 g/mol. The maximum absolute atomic E-state index is 13.7. The van der Waals surface area contributed by atoms with Gasteiger partial charge >= 0.3 is 6.09 Å². The summed E-state index contributed by atoms with van der Waals surface area (Å²) in [5.74, 6) is -1.53. The lowest BCUT2D eigenvalue weighted by molar-refractivity contribution is -0.132. The number of ether oxygens (including phenoxy) is 2. The first-order valence-electron chi connectivity index (χ1n) is 17.4. The minimum Gasteiger partial charge on any atom is -0.496 e. The second-order valence-corrected chi connectivity index (χ2v) is 13.7. The number of likely N-dealkylation sites (tertiary alicyclic amines) is 2. The zero-order chi connectivity index (χ0) is 34.2. The molecule has 3 saturated heterocycles. The molecule has 262 valence electrons. The Hall–Kier alpha value is -4.13. The quantitative estimate of drug-likeness (QED) is 0.254. The number of carbonyl (C=O) groups excluding carboxylic acids is 5. The van der Waals surface area contributed by atoms with Gasteiger partial charge in [0.1, 0.15) is 17.5 Å². The Morgan fingerprint density at radius 2 is 1.73 bits per heavy atom. The van der Waals surface area contributed by atoms with Crippen LogP contribution in [0.5, 0.6) is 5.75 Å². The van der Waals surface area contributed by atoms with Gasteiger partial charge in [-0.2, -0.15) is 0 Å². The average molecular weight is 667 g/mol. The molecule has 0 aliphatic carbocycles. The van der Waals surface area contributed by atoms with E-state index in [4.69, 9.17) is 9.47 Å². The van der Waals surface area contributed by atoms with Gasteiger partial charge in [-0.05, 0) is 82.2 Å². The molecule has 13 nitrogen and oxygen atoms in total. The van der Waals surface area contributed by atoms with Crippen LogP contribution in [0.15, 0.2) is 24.3 Å². The maximum atomic E-state index is 13.7. The number of rotatable bonds is 13.